The minimum Gasteiger partial charge on any atom is -0.310 e. The van der Waals surface area contributed by atoms with E-state index in [4.69, 9.17) is 0 Å². The molecule has 0 amide bonds. The first kappa shape index (κ1) is 28.1. The molecule has 8 aromatic carbocycles. The number of benzene rings is 8. The van der Waals surface area contributed by atoms with Gasteiger partial charge in [-0.05, 0) is 121 Å². The molecular formula is C47H33N. The second-order valence-corrected chi connectivity index (χ2v) is 12.6. The van der Waals surface area contributed by atoms with Crippen LogP contribution in [-0.2, 0) is 6.42 Å². The van der Waals surface area contributed by atoms with Crippen LogP contribution in [0.2, 0.25) is 0 Å². The Morgan fingerprint density at radius 2 is 0.875 bits per heavy atom. The second kappa shape index (κ2) is 11.9. The van der Waals surface area contributed by atoms with Gasteiger partial charge in [0, 0.05) is 17.1 Å². The van der Waals surface area contributed by atoms with Crippen molar-refractivity contribution in [3.05, 3.63) is 199 Å². The van der Waals surface area contributed by atoms with Crippen LogP contribution < -0.4 is 4.90 Å². The van der Waals surface area contributed by atoms with Crippen LogP contribution in [0.1, 0.15) is 11.1 Å². The van der Waals surface area contributed by atoms with E-state index < -0.39 is 0 Å². The Kier molecular flexibility index (Phi) is 6.95. The van der Waals surface area contributed by atoms with E-state index in [0.29, 0.717) is 0 Å². The summed E-state index contributed by atoms with van der Waals surface area (Å²) in [6.45, 7) is 0. The van der Waals surface area contributed by atoms with E-state index in [1.807, 2.05) is 0 Å². The normalized spacial score (nSPS) is 11.7. The third kappa shape index (κ3) is 5.07. The molecule has 0 aliphatic heterocycles. The van der Waals surface area contributed by atoms with Crippen LogP contribution in [0, 0.1) is 0 Å². The van der Waals surface area contributed by atoms with Crippen LogP contribution in [0.4, 0.5) is 17.1 Å². The zero-order valence-corrected chi connectivity index (χ0v) is 26.6. The van der Waals surface area contributed by atoms with E-state index in [9.17, 15) is 0 Å². The van der Waals surface area contributed by atoms with Crippen molar-refractivity contribution in [3.63, 3.8) is 0 Å². The number of fused-ring (bicyclic) bond motifs is 2. The van der Waals surface area contributed by atoms with Gasteiger partial charge in [0.1, 0.15) is 0 Å². The van der Waals surface area contributed by atoms with Crippen molar-refractivity contribution in [3.8, 4) is 44.5 Å². The monoisotopic (exact) mass is 611 g/mol. The Hall–Kier alpha value is -6.18. The molecule has 0 N–H and O–H groups in total. The third-order valence-electron chi connectivity index (χ3n) is 9.64. The highest BCUT2D eigenvalue weighted by molar-refractivity contribution is 6.02. The maximum absolute atomic E-state index is 2.39. The van der Waals surface area contributed by atoms with Crippen molar-refractivity contribution in [2.75, 3.05) is 4.90 Å². The van der Waals surface area contributed by atoms with Gasteiger partial charge in [0.2, 0.25) is 0 Å². The van der Waals surface area contributed by atoms with E-state index >= 15 is 0 Å². The van der Waals surface area contributed by atoms with Gasteiger partial charge in [-0.15, -0.1) is 0 Å². The summed E-state index contributed by atoms with van der Waals surface area (Å²) in [6, 6.07) is 68.4. The van der Waals surface area contributed by atoms with E-state index in [1.165, 1.54) is 66.4 Å². The molecule has 0 aromatic heterocycles. The lowest BCUT2D eigenvalue weighted by atomic mass is 9.82. The molecule has 0 saturated heterocycles. The number of rotatable bonds is 6. The lowest BCUT2D eigenvalue weighted by Gasteiger charge is -2.27. The summed E-state index contributed by atoms with van der Waals surface area (Å²) in [5.41, 5.74) is 16.1. The first-order chi connectivity index (χ1) is 23.8. The molecule has 226 valence electrons. The van der Waals surface area contributed by atoms with Crippen molar-refractivity contribution >= 4 is 27.8 Å². The average Bonchev–Trinajstić information content (AvgIpc) is 3.16. The minimum absolute atomic E-state index is 0.974. The zero-order valence-electron chi connectivity index (χ0n) is 26.6. The summed E-state index contributed by atoms with van der Waals surface area (Å²) < 4.78 is 0. The highest BCUT2D eigenvalue weighted by Gasteiger charge is 2.19. The summed E-state index contributed by atoms with van der Waals surface area (Å²) in [7, 11) is 0. The summed E-state index contributed by atoms with van der Waals surface area (Å²) in [4.78, 5) is 2.37. The minimum atomic E-state index is 0.974. The number of nitrogens with zero attached hydrogens (tertiary/aromatic N) is 1. The second-order valence-electron chi connectivity index (χ2n) is 12.6. The fourth-order valence-electron chi connectivity index (χ4n) is 7.32. The zero-order chi connectivity index (χ0) is 31.9. The molecule has 8 aromatic rings. The molecule has 9 rings (SSSR count). The van der Waals surface area contributed by atoms with Gasteiger partial charge < -0.3 is 4.90 Å². The molecule has 1 aliphatic carbocycles. The quantitative estimate of drug-likeness (QED) is 0.181. The molecule has 0 radical (unpaired) electrons. The molecular weight excluding hydrogens is 579 g/mol. The Bertz CT molecular complexity index is 2330. The van der Waals surface area contributed by atoms with Crippen LogP contribution in [0.15, 0.2) is 188 Å². The summed E-state index contributed by atoms with van der Waals surface area (Å²) in [5, 5.41) is 2.71. The van der Waals surface area contributed by atoms with Gasteiger partial charge in [-0.2, -0.15) is 0 Å². The maximum Gasteiger partial charge on any atom is 0.0473 e. The molecule has 0 spiro atoms. The van der Waals surface area contributed by atoms with Crippen molar-refractivity contribution in [1.82, 2.24) is 0 Å². The lowest BCUT2D eigenvalue weighted by molar-refractivity contribution is 1.20. The van der Waals surface area contributed by atoms with E-state index in [2.05, 4.69) is 193 Å². The molecule has 1 heteroatoms. The smallest absolute Gasteiger partial charge is 0.0473 e. The topological polar surface area (TPSA) is 3.24 Å². The van der Waals surface area contributed by atoms with Crippen molar-refractivity contribution < 1.29 is 0 Å². The lowest BCUT2D eigenvalue weighted by Crippen LogP contribution is -2.10. The van der Waals surface area contributed by atoms with Crippen LogP contribution in [0.25, 0.3) is 55.3 Å². The van der Waals surface area contributed by atoms with Crippen molar-refractivity contribution in [1.29, 1.82) is 0 Å². The van der Waals surface area contributed by atoms with Gasteiger partial charge in [-0.1, -0.05) is 140 Å². The molecule has 1 nitrogen and oxygen atoms in total. The van der Waals surface area contributed by atoms with Gasteiger partial charge >= 0.3 is 0 Å². The first-order valence-corrected chi connectivity index (χ1v) is 16.6. The number of hydrogen-bond donors (Lipinski definition) is 0. The Labute approximate surface area is 282 Å². The van der Waals surface area contributed by atoms with Gasteiger partial charge in [0.25, 0.3) is 0 Å². The largest absolute Gasteiger partial charge is 0.310 e. The maximum atomic E-state index is 2.39. The number of anilines is 3. The molecule has 0 saturated carbocycles. The summed E-state index contributed by atoms with van der Waals surface area (Å²) in [6.07, 6.45) is 0.974. The summed E-state index contributed by atoms with van der Waals surface area (Å²) >= 11 is 0. The number of para-hydroxylation sites is 1. The standard InChI is InChI=1S/C47H33N/c1-4-12-33(13-5-1)40-29-41(34-14-6-2-7-15-34)31-44(30-40)48(42-19-8-3-9-20-42)43-26-24-35(25-27-43)37-22-23-38-28-39-18-10-16-36-17-11-21-45(47(36)39)46(38)32-37/h1-27,29-32H,28H2. The highest BCUT2D eigenvalue weighted by Crippen LogP contribution is 2.43. The Morgan fingerprint density at radius 3 is 1.54 bits per heavy atom. The molecule has 1 aliphatic rings. The van der Waals surface area contributed by atoms with Crippen molar-refractivity contribution in [2.24, 2.45) is 0 Å². The van der Waals surface area contributed by atoms with Crippen LogP contribution >= 0.6 is 0 Å². The van der Waals surface area contributed by atoms with Crippen molar-refractivity contribution in [2.45, 2.75) is 6.42 Å². The van der Waals surface area contributed by atoms with Crippen LogP contribution in [0.3, 0.4) is 0 Å². The van der Waals surface area contributed by atoms with Crippen LogP contribution in [-0.4, -0.2) is 0 Å². The average molecular weight is 612 g/mol. The van der Waals surface area contributed by atoms with Gasteiger partial charge in [0.15, 0.2) is 0 Å². The van der Waals surface area contributed by atoms with Gasteiger partial charge in [-0.25, -0.2) is 0 Å². The SMILES string of the molecule is c1ccc(-c2cc(-c3ccccc3)cc(N(c3ccccc3)c3ccc(-c4ccc5c(c4)-c4cccc6cccc(c46)C5)cc3)c2)cc1. The molecule has 48 heavy (non-hydrogen) atoms. The fourth-order valence-corrected chi connectivity index (χ4v) is 7.32. The highest BCUT2D eigenvalue weighted by atomic mass is 15.1. The molecule has 0 atom stereocenters. The van der Waals surface area contributed by atoms with E-state index in [1.54, 1.807) is 0 Å². The van der Waals surface area contributed by atoms with Gasteiger partial charge in [0.05, 0.1) is 0 Å². The molecule has 0 bridgehead atoms. The molecule has 0 fully saturated rings. The van der Waals surface area contributed by atoms with Crippen LogP contribution in [0.5, 0.6) is 0 Å². The molecule has 0 heterocycles. The predicted octanol–water partition coefficient (Wildman–Crippen LogP) is 12.9. The fraction of sp³-hybridized carbons (Fsp3) is 0.0213. The van der Waals surface area contributed by atoms with E-state index in [-0.39, 0.29) is 0 Å². The Balaban J connectivity index is 1.14. The number of hydrogen-bond acceptors (Lipinski definition) is 1. The van der Waals surface area contributed by atoms with Gasteiger partial charge in [-0.3, -0.25) is 0 Å². The predicted molar refractivity (Wildman–Crippen MR) is 203 cm³/mol. The van der Waals surface area contributed by atoms with E-state index in [0.717, 1.165) is 23.5 Å². The third-order valence-corrected chi connectivity index (χ3v) is 9.64. The summed E-state index contributed by atoms with van der Waals surface area (Å²) in [5.74, 6) is 0. The first-order valence-electron chi connectivity index (χ1n) is 16.6. The Morgan fingerprint density at radius 1 is 0.312 bits per heavy atom. The molecule has 0 unspecified atom stereocenters.